The molecule has 3 nitrogen and oxygen atoms in total. The smallest absolute Gasteiger partial charge is 0.157 e. The van der Waals surface area contributed by atoms with Gasteiger partial charge in [-0.25, -0.2) is 0 Å². The van der Waals surface area contributed by atoms with Crippen LogP contribution in [-0.4, -0.2) is 26.6 Å². The van der Waals surface area contributed by atoms with Gasteiger partial charge in [-0.1, -0.05) is 51.0 Å². The highest BCUT2D eigenvalue weighted by molar-refractivity contribution is 5.87. The van der Waals surface area contributed by atoms with Gasteiger partial charge in [0.05, 0.1) is 20.3 Å². The summed E-state index contributed by atoms with van der Waals surface area (Å²) in [5.41, 5.74) is 1.30. The summed E-state index contributed by atoms with van der Waals surface area (Å²) in [6, 6.07) is 12.7. The van der Waals surface area contributed by atoms with E-state index in [4.69, 9.17) is 14.2 Å². The van der Waals surface area contributed by atoms with Crippen LogP contribution in [0.25, 0.3) is 10.8 Å². The van der Waals surface area contributed by atoms with E-state index in [2.05, 4.69) is 50.6 Å². The molecule has 1 aliphatic heterocycles. The fraction of sp³-hybridized carbons (Fsp3) is 0.500. The Morgan fingerprint density at radius 2 is 1.96 bits per heavy atom. The Morgan fingerprint density at radius 3 is 2.64 bits per heavy atom. The molecule has 135 valence electrons. The minimum Gasteiger partial charge on any atom is -0.497 e. The summed E-state index contributed by atoms with van der Waals surface area (Å²) in [5.74, 6) is 1.75. The van der Waals surface area contributed by atoms with Gasteiger partial charge in [0.15, 0.2) is 6.29 Å². The molecule has 1 unspecified atom stereocenters. The van der Waals surface area contributed by atoms with E-state index < -0.39 is 0 Å². The average molecular weight is 341 g/mol. The zero-order valence-corrected chi connectivity index (χ0v) is 15.5. The molecule has 1 fully saturated rings. The van der Waals surface area contributed by atoms with Gasteiger partial charge in [0.25, 0.3) is 0 Å². The Bertz CT molecular complexity index is 674. The number of hydrogen-bond donors (Lipinski definition) is 0. The van der Waals surface area contributed by atoms with Gasteiger partial charge < -0.3 is 14.2 Å². The zero-order chi connectivity index (χ0) is 17.6. The first-order valence-electron chi connectivity index (χ1n) is 9.38. The largest absolute Gasteiger partial charge is 0.497 e. The fourth-order valence-corrected chi connectivity index (χ4v) is 3.64. The lowest BCUT2D eigenvalue weighted by Crippen LogP contribution is -2.32. The van der Waals surface area contributed by atoms with Crippen LogP contribution in [0.5, 0.6) is 5.75 Å². The first-order valence-corrected chi connectivity index (χ1v) is 9.38. The zero-order valence-electron chi connectivity index (χ0n) is 15.5. The van der Waals surface area contributed by atoms with Crippen LogP contribution in [0.4, 0.5) is 0 Å². The van der Waals surface area contributed by atoms with E-state index in [1.807, 2.05) is 6.07 Å². The lowest BCUT2D eigenvalue weighted by molar-refractivity contribution is -0.193. The van der Waals surface area contributed by atoms with Crippen molar-refractivity contribution in [1.29, 1.82) is 0 Å². The monoisotopic (exact) mass is 341 g/mol. The van der Waals surface area contributed by atoms with Gasteiger partial charge >= 0.3 is 0 Å². The Morgan fingerprint density at radius 1 is 1.16 bits per heavy atom. The van der Waals surface area contributed by atoms with Crippen molar-refractivity contribution in [2.24, 2.45) is 5.92 Å². The molecule has 1 heterocycles. The van der Waals surface area contributed by atoms with Gasteiger partial charge in [-0.2, -0.15) is 0 Å². The van der Waals surface area contributed by atoms with Crippen LogP contribution in [0, 0.1) is 12.3 Å². The summed E-state index contributed by atoms with van der Waals surface area (Å²) < 4.78 is 17.4. The van der Waals surface area contributed by atoms with E-state index >= 15 is 0 Å². The number of benzene rings is 2. The SMILES string of the molecule is CC[CH]C(CC)CC1OCC(c2cccc3cc(OC)ccc23)CO1. The average Bonchev–Trinajstić information content (AvgIpc) is 2.67. The standard InChI is InChI=1S/C22H29O3/c1-4-7-16(5-2)12-22-24-14-18(15-25-22)20-9-6-8-17-13-19(23-3)10-11-21(17)20/h6-11,13,16,18,22H,4-5,12,14-15H2,1-3H3. The Labute approximate surface area is 151 Å². The number of fused-ring (bicyclic) bond motifs is 1. The molecule has 1 saturated heterocycles. The van der Waals surface area contributed by atoms with Crippen molar-refractivity contribution in [2.45, 2.75) is 45.3 Å². The maximum atomic E-state index is 6.05. The van der Waals surface area contributed by atoms with Crippen LogP contribution < -0.4 is 4.74 Å². The van der Waals surface area contributed by atoms with E-state index in [0.29, 0.717) is 5.92 Å². The Balaban J connectivity index is 1.68. The number of ether oxygens (including phenoxy) is 3. The normalized spacial score (nSPS) is 22.0. The van der Waals surface area contributed by atoms with Crippen LogP contribution >= 0.6 is 0 Å². The van der Waals surface area contributed by atoms with Gasteiger partial charge in [-0.05, 0) is 40.8 Å². The highest BCUT2D eigenvalue weighted by atomic mass is 16.7. The molecule has 0 amide bonds. The quantitative estimate of drug-likeness (QED) is 0.681. The summed E-state index contributed by atoms with van der Waals surface area (Å²) in [6.07, 6.45) is 5.51. The topological polar surface area (TPSA) is 27.7 Å². The summed E-state index contributed by atoms with van der Waals surface area (Å²) in [7, 11) is 1.70. The van der Waals surface area contributed by atoms with Crippen molar-refractivity contribution in [2.75, 3.05) is 20.3 Å². The number of hydrogen-bond acceptors (Lipinski definition) is 3. The van der Waals surface area contributed by atoms with Gasteiger partial charge in [0.2, 0.25) is 0 Å². The third kappa shape index (κ3) is 4.34. The second-order valence-corrected chi connectivity index (χ2v) is 6.78. The number of methoxy groups -OCH3 is 1. The van der Waals surface area contributed by atoms with Crippen molar-refractivity contribution >= 4 is 10.8 Å². The van der Waals surface area contributed by atoms with Crippen molar-refractivity contribution in [3.8, 4) is 5.75 Å². The van der Waals surface area contributed by atoms with E-state index in [9.17, 15) is 0 Å². The molecule has 1 aliphatic rings. The van der Waals surface area contributed by atoms with Crippen LogP contribution in [0.1, 0.15) is 44.6 Å². The summed E-state index contributed by atoms with van der Waals surface area (Å²) >= 11 is 0. The highest BCUT2D eigenvalue weighted by Gasteiger charge is 2.26. The van der Waals surface area contributed by atoms with E-state index in [-0.39, 0.29) is 12.2 Å². The summed E-state index contributed by atoms with van der Waals surface area (Å²) in [5, 5.41) is 2.45. The van der Waals surface area contributed by atoms with E-state index in [1.165, 1.54) is 16.3 Å². The molecule has 3 rings (SSSR count). The van der Waals surface area contributed by atoms with Crippen LogP contribution in [0.2, 0.25) is 0 Å². The van der Waals surface area contributed by atoms with Gasteiger partial charge in [-0.3, -0.25) is 0 Å². The van der Waals surface area contributed by atoms with Crippen molar-refractivity contribution in [3.05, 3.63) is 48.4 Å². The van der Waals surface area contributed by atoms with Crippen LogP contribution in [0.3, 0.4) is 0 Å². The number of rotatable bonds is 7. The molecule has 1 atom stereocenters. The Hall–Kier alpha value is -1.58. The minimum atomic E-state index is -0.0703. The molecule has 0 spiro atoms. The van der Waals surface area contributed by atoms with Crippen LogP contribution in [0.15, 0.2) is 36.4 Å². The fourth-order valence-electron chi connectivity index (χ4n) is 3.64. The molecule has 0 aromatic heterocycles. The van der Waals surface area contributed by atoms with E-state index in [1.54, 1.807) is 7.11 Å². The molecule has 0 bridgehead atoms. The van der Waals surface area contributed by atoms with Crippen molar-refractivity contribution in [3.63, 3.8) is 0 Å². The molecule has 0 aliphatic carbocycles. The van der Waals surface area contributed by atoms with Gasteiger partial charge in [0.1, 0.15) is 5.75 Å². The Kier molecular flexibility index (Phi) is 6.33. The second kappa shape index (κ2) is 8.68. The molecular formula is C22H29O3. The van der Waals surface area contributed by atoms with Crippen LogP contribution in [-0.2, 0) is 9.47 Å². The first-order chi connectivity index (χ1) is 12.2. The molecule has 25 heavy (non-hydrogen) atoms. The minimum absolute atomic E-state index is 0.0703. The first kappa shape index (κ1) is 18.2. The third-order valence-electron chi connectivity index (χ3n) is 5.12. The highest BCUT2D eigenvalue weighted by Crippen LogP contribution is 2.32. The van der Waals surface area contributed by atoms with Crippen molar-refractivity contribution < 1.29 is 14.2 Å². The molecule has 3 heteroatoms. The van der Waals surface area contributed by atoms with Crippen molar-refractivity contribution in [1.82, 2.24) is 0 Å². The second-order valence-electron chi connectivity index (χ2n) is 6.78. The molecular weight excluding hydrogens is 312 g/mol. The lowest BCUT2D eigenvalue weighted by Gasteiger charge is -2.32. The molecule has 2 aromatic rings. The molecule has 1 radical (unpaired) electrons. The van der Waals surface area contributed by atoms with E-state index in [0.717, 1.165) is 38.2 Å². The third-order valence-corrected chi connectivity index (χ3v) is 5.12. The maximum absolute atomic E-state index is 6.05. The lowest BCUT2D eigenvalue weighted by atomic mass is 9.93. The summed E-state index contributed by atoms with van der Waals surface area (Å²) in [6.45, 7) is 5.86. The predicted molar refractivity (Wildman–Crippen MR) is 102 cm³/mol. The molecule has 2 aromatic carbocycles. The maximum Gasteiger partial charge on any atom is 0.157 e. The molecule has 0 N–H and O–H groups in total. The summed E-state index contributed by atoms with van der Waals surface area (Å²) in [4.78, 5) is 0. The van der Waals surface area contributed by atoms with Gasteiger partial charge in [0, 0.05) is 12.3 Å². The van der Waals surface area contributed by atoms with Gasteiger partial charge in [-0.15, -0.1) is 0 Å². The predicted octanol–water partition coefficient (Wildman–Crippen LogP) is 5.34. The molecule has 0 saturated carbocycles.